The highest BCUT2D eigenvalue weighted by Gasteiger charge is 2.61. The Hall–Kier alpha value is -0.0600. The number of alkyl halides is 1. The van der Waals surface area contributed by atoms with E-state index in [1.165, 1.54) is 0 Å². The molecule has 0 N–H and O–H groups in total. The van der Waals surface area contributed by atoms with E-state index in [-0.39, 0.29) is 15.0 Å². The quantitative estimate of drug-likeness (QED) is 0.321. The Morgan fingerprint density at radius 2 is 2.27 bits per heavy atom. The first kappa shape index (κ1) is 11.4. The highest BCUT2D eigenvalue weighted by Crippen LogP contribution is 2.58. The van der Waals surface area contributed by atoms with Crippen molar-refractivity contribution in [3.8, 4) is 0 Å². The Balaban J connectivity index is 2.38. The van der Waals surface area contributed by atoms with Crippen molar-refractivity contribution >= 4 is 28.6 Å². The summed E-state index contributed by atoms with van der Waals surface area (Å²) >= 11 is 2.46. The largest absolute Gasteiger partial charge is 0.457 e. The fourth-order valence-electron chi connectivity index (χ4n) is 3.07. The van der Waals surface area contributed by atoms with Gasteiger partial charge in [0.05, 0.1) is 3.42 Å². The lowest BCUT2D eigenvalue weighted by Gasteiger charge is -2.39. The first-order chi connectivity index (χ1) is 6.89. The van der Waals surface area contributed by atoms with Gasteiger partial charge in [0.15, 0.2) is 0 Å². The fraction of sp³-hybridized carbons (Fsp3) is 0.750. The zero-order valence-electron chi connectivity index (χ0n) is 9.31. The summed E-state index contributed by atoms with van der Waals surface area (Å²) in [5.74, 6) is 0.317. The number of esters is 1. The van der Waals surface area contributed by atoms with Gasteiger partial charge in [-0.05, 0) is 33.1 Å². The summed E-state index contributed by atoms with van der Waals surface area (Å²) in [6.07, 6.45) is 3.64. The van der Waals surface area contributed by atoms with Crippen LogP contribution in [0.1, 0.15) is 39.5 Å². The fourth-order valence-corrected chi connectivity index (χ4v) is 4.14. The second-order valence-electron chi connectivity index (χ2n) is 5.00. The van der Waals surface area contributed by atoms with Crippen molar-refractivity contribution in [1.29, 1.82) is 0 Å². The molecule has 0 aromatic rings. The maximum absolute atomic E-state index is 11.4. The summed E-state index contributed by atoms with van der Waals surface area (Å²) in [6.45, 7) is 8.31. The minimum absolute atomic E-state index is 0.0361. The van der Waals surface area contributed by atoms with Crippen LogP contribution >= 0.6 is 22.6 Å². The summed E-state index contributed by atoms with van der Waals surface area (Å²) in [7, 11) is 0. The molecule has 0 radical (unpaired) electrons. The van der Waals surface area contributed by atoms with E-state index < -0.39 is 0 Å². The van der Waals surface area contributed by atoms with Crippen LogP contribution in [0, 0.1) is 5.92 Å². The van der Waals surface area contributed by atoms with E-state index in [9.17, 15) is 4.79 Å². The van der Waals surface area contributed by atoms with E-state index >= 15 is 0 Å². The molecular weight excluding hydrogens is 303 g/mol. The van der Waals surface area contributed by atoms with E-state index in [0.29, 0.717) is 12.3 Å². The van der Waals surface area contributed by atoms with Gasteiger partial charge < -0.3 is 4.74 Å². The molecule has 3 atom stereocenters. The number of halogens is 1. The molecule has 15 heavy (non-hydrogen) atoms. The topological polar surface area (TPSA) is 26.3 Å². The summed E-state index contributed by atoms with van der Waals surface area (Å²) in [5, 5.41) is 0. The first-order valence-corrected chi connectivity index (χ1v) is 6.53. The molecule has 1 heterocycles. The third-order valence-electron chi connectivity index (χ3n) is 3.94. The van der Waals surface area contributed by atoms with Gasteiger partial charge in [-0.1, -0.05) is 34.7 Å². The molecule has 2 rings (SSSR count). The van der Waals surface area contributed by atoms with Gasteiger partial charge in [-0.25, -0.2) is 0 Å². The van der Waals surface area contributed by atoms with Gasteiger partial charge in [-0.15, -0.1) is 0 Å². The SMILES string of the molecule is C=C(C)[C@H]1CC[C@](C)(I)[C@]12CCC(=O)O2. The minimum atomic E-state index is -0.267. The molecule has 2 nitrogen and oxygen atoms in total. The number of carbonyl (C=O) groups excluding carboxylic acids is 1. The van der Waals surface area contributed by atoms with E-state index in [2.05, 4.69) is 43.0 Å². The normalized spacial score (nSPS) is 44.7. The van der Waals surface area contributed by atoms with Gasteiger partial charge in [-0.3, -0.25) is 4.79 Å². The molecule has 2 aliphatic rings. The van der Waals surface area contributed by atoms with Crippen LogP contribution in [0.15, 0.2) is 12.2 Å². The highest BCUT2D eigenvalue weighted by molar-refractivity contribution is 14.1. The molecule has 1 saturated heterocycles. The molecule has 0 bridgehead atoms. The number of ether oxygens (including phenoxy) is 1. The molecule has 2 fully saturated rings. The van der Waals surface area contributed by atoms with Gasteiger partial charge >= 0.3 is 5.97 Å². The lowest BCUT2D eigenvalue weighted by molar-refractivity contribution is -0.151. The maximum atomic E-state index is 11.4. The zero-order chi connectivity index (χ0) is 11.3. The lowest BCUT2D eigenvalue weighted by atomic mass is 9.79. The predicted octanol–water partition coefficient (Wildman–Crippen LogP) is 3.24. The van der Waals surface area contributed by atoms with Crippen molar-refractivity contribution < 1.29 is 9.53 Å². The molecule has 1 aliphatic carbocycles. The minimum Gasteiger partial charge on any atom is -0.457 e. The van der Waals surface area contributed by atoms with E-state index in [1.807, 2.05) is 0 Å². The highest BCUT2D eigenvalue weighted by atomic mass is 127. The summed E-state index contributed by atoms with van der Waals surface area (Å²) in [6, 6.07) is 0. The van der Waals surface area contributed by atoms with Crippen LogP contribution in [0.3, 0.4) is 0 Å². The van der Waals surface area contributed by atoms with Crippen LogP contribution in [-0.4, -0.2) is 15.0 Å². The Kier molecular flexibility index (Phi) is 2.64. The molecule has 0 aromatic heterocycles. The van der Waals surface area contributed by atoms with Crippen molar-refractivity contribution in [3.05, 3.63) is 12.2 Å². The van der Waals surface area contributed by atoms with Crippen LogP contribution in [0.4, 0.5) is 0 Å². The van der Waals surface area contributed by atoms with Gasteiger partial charge in [-0.2, -0.15) is 0 Å². The van der Waals surface area contributed by atoms with Gasteiger partial charge in [0.25, 0.3) is 0 Å². The molecule has 1 saturated carbocycles. The van der Waals surface area contributed by atoms with Crippen LogP contribution in [-0.2, 0) is 9.53 Å². The standard InChI is InChI=1S/C12H17IO2/c1-8(2)9-4-6-11(3,13)12(9)7-5-10(14)15-12/h9H,1,4-7H2,2-3H3/t9-,11+,12+/m1/s1. The summed E-state index contributed by atoms with van der Waals surface area (Å²) in [5.41, 5.74) is 0.890. The van der Waals surface area contributed by atoms with Gasteiger partial charge in [0.2, 0.25) is 0 Å². The Morgan fingerprint density at radius 3 is 2.73 bits per heavy atom. The van der Waals surface area contributed by atoms with E-state index in [0.717, 1.165) is 24.8 Å². The molecule has 3 heteroatoms. The maximum Gasteiger partial charge on any atom is 0.306 e. The Bertz CT molecular complexity index is 322. The number of carbonyl (C=O) groups is 1. The van der Waals surface area contributed by atoms with Gasteiger partial charge in [0.1, 0.15) is 5.60 Å². The molecule has 0 aromatic carbocycles. The number of rotatable bonds is 1. The third-order valence-corrected chi connectivity index (χ3v) is 5.39. The smallest absolute Gasteiger partial charge is 0.306 e. The second-order valence-corrected chi connectivity index (χ2v) is 7.38. The van der Waals surface area contributed by atoms with Crippen LogP contribution in [0.5, 0.6) is 0 Å². The molecule has 0 amide bonds. The van der Waals surface area contributed by atoms with Crippen molar-refractivity contribution in [2.45, 2.75) is 48.6 Å². The average Bonchev–Trinajstić information content (AvgIpc) is 2.58. The number of hydrogen-bond acceptors (Lipinski definition) is 2. The van der Waals surface area contributed by atoms with Crippen molar-refractivity contribution in [2.24, 2.45) is 5.92 Å². The first-order valence-electron chi connectivity index (χ1n) is 5.45. The number of hydrogen-bond donors (Lipinski definition) is 0. The van der Waals surface area contributed by atoms with Crippen LogP contribution in [0.25, 0.3) is 0 Å². The van der Waals surface area contributed by atoms with Crippen molar-refractivity contribution in [2.75, 3.05) is 0 Å². The molecule has 0 unspecified atom stereocenters. The summed E-state index contributed by atoms with van der Waals surface area (Å²) < 4.78 is 5.76. The lowest BCUT2D eigenvalue weighted by Crippen LogP contribution is -2.47. The second kappa shape index (κ2) is 3.47. The van der Waals surface area contributed by atoms with Crippen molar-refractivity contribution in [3.63, 3.8) is 0 Å². The zero-order valence-corrected chi connectivity index (χ0v) is 11.5. The molecule has 84 valence electrons. The van der Waals surface area contributed by atoms with E-state index in [4.69, 9.17) is 4.74 Å². The predicted molar refractivity (Wildman–Crippen MR) is 68.0 cm³/mol. The van der Waals surface area contributed by atoms with E-state index in [1.54, 1.807) is 0 Å². The third kappa shape index (κ3) is 1.54. The molecular formula is C12H17IO2. The Labute approximate surface area is 105 Å². The molecule has 1 spiro atoms. The molecule has 1 aliphatic heterocycles. The van der Waals surface area contributed by atoms with Crippen molar-refractivity contribution in [1.82, 2.24) is 0 Å². The van der Waals surface area contributed by atoms with Crippen LogP contribution < -0.4 is 0 Å². The monoisotopic (exact) mass is 320 g/mol. The summed E-state index contributed by atoms with van der Waals surface area (Å²) in [4.78, 5) is 11.4. The van der Waals surface area contributed by atoms with Crippen LogP contribution in [0.2, 0.25) is 0 Å². The average molecular weight is 320 g/mol. The Morgan fingerprint density at radius 1 is 1.60 bits per heavy atom. The van der Waals surface area contributed by atoms with Gasteiger partial charge in [0, 0.05) is 12.3 Å².